The topological polar surface area (TPSA) is 66.5 Å². The quantitative estimate of drug-likeness (QED) is 0.371. The molecule has 31 heavy (non-hydrogen) atoms. The van der Waals surface area contributed by atoms with Crippen LogP contribution in [-0.2, 0) is 20.8 Å². The molecule has 0 aromatic heterocycles. The van der Waals surface area contributed by atoms with Crippen molar-refractivity contribution in [2.24, 2.45) is 0 Å². The minimum Gasteiger partial charge on any atom is -0.354 e. The van der Waals surface area contributed by atoms with Crippen LogP contribution in [0.2, 0.25) is 0 Å². The molecule has 1 aliphatic heterocycles. The normalized spacial score (nSPS) is 13.9. The fourth-order valence-electron chi connectivity index (χ4n) is 4.50. The molecule has 4 aromatic rings. The Labute approximate surface area is 179 Å². The van der Waals surface area contributed by atoms with E-state index in [1.54, 1.807) is 0 Å². The van der Waals surface area contributed by atoms with Crippen LogP contribution in [0.1, 0.15) is 18.4 Å². The number of hydrogen-bond donors (Lipinski definition) is 1. The van der Waals surface area contributed by atoms with E-state index >= 15 is 0 Å². The number of hydrogen-bond acceptors (Lipinski definition) is 3. The Morgan fingerprint density at radius 2 is 1.45 bits per heavy atom. The fourth-order valence-corrected chi connectivity index (χ4v) is 4.50. The third-order valence-electron chi connectivity index (χ3n) is 6.03. The fraction of sp³-hybridized carbons (Fsp3) is 0.192. The van der Waals surface area contributed by atoms with Gasteiger partial charge in [-0.05, 0) is 50.7 Å². The van der Waals surface area contributed by atoms with Crippen molar-refractivity contribution >= 4 is 50.0 Å². The van der Waals surface area contributed by atoms with Crippen LogP contribution in [0, 0.1) is 0 Å². The molecule has 0 atom stereocenters. The molecular formula is C26H22N2O3. The van der Waals surface area contributed by atoms with Crippen molar-refractivity contribution in [3.63, 3.8) is 0 Å². The first kappa shape index (κ1) is 19.2. The predicted molar refractivity (Wildman–Crippen MR) is 122 cm³/mol. The predicted octanol–water partition coefficient (Wildman–Crippen LogP) is 3.95. The number of nitrogens with zero attached hydrogens (tertiary/aromatic N) is 1. The van der Waals surface area contributed by atoms with Gasteiger partial charge in [0.2, 0.25) is 5.91 Å². The lowest BCUT2D eigenvalue weighted by atomic mass is 9.90. The first-order valence-corrected chi connectivity index (χ1v) is 10.6. The molecule has 0 aliphatic carbocycles. The summed E-state index contributed by atoms with van der Waals surface area (Å²) in [5.41, 5.74) is 1.25. The number of aryl methyl sites for hydroxylation is 1. The van der Waals surface area contributed by atoms with Gasteiger partial charge in [-0.3, -0.25) is 19.3 Å². The molecule has 5 rings (SSSR count). The number of rotatable bonds is 7. The smallest absolute Gasteiger partial charge is 0.253 e. The van der Waals surface area contributed by atoms with Gasteiger partial charge in [-0.15, -0.1) is 0 Å². The number of amides is 3. The summed E-state index contributed by atoms with van der Waals surface area (Å²) in [6.07, 6.45) is 4.46. The molecule has 4 aromatic carbocycles. The van der Waals surface area contributed by atoms with Crippen molar-refractivity contribution < 1.29 is 14.4 Å². The van der Waals surface area contributed by atoms with Crippen molar-refractivity contribution in [2.45, 2.75) is 19.3 Å². The Hall–Kier alpha value is -3.73. The van der Waals surface area contributed by atoms with Gasteiger partial charge in [0.25, 0.3) is 11.8 Å². The highest BCUT2D eigenvalue weighted by atomic mass is 16.2. The van der Waals surface area contributed by atoms with E-state index in [4.69, 9.17) is 0 Å². The third kappa shape index (κ3) is 3.52. The lowest BCUT2D eigenvalue weighted by Gasteiger charge is -2.15. The van der Waals surface area contributed by atoms with E-state index in [0.717, 1.165) is 17.7 Å². The van der Waals surface area contributed by atoms with Crippen LogP contribution in [0.5, 0.6) is 0 Å². The Kier molecular flexibility index (Phi) is 4.86. The molecular weight excluding hydrogens is 388 g/mol. The third-order valence-corrected chi connectivity index (χ3v) is 6.03. The second kappa shape index (κ2) is 7.84. The zero-order valence-corrected chi connectivity index (χ0v) is 17.1. The van der Waals surface area contributed by atoms with Crippen LogP contribution in [-0.4, -0.2) is 35.7 Å². The van der Waals surface area contributed by atoms with Gasteiger partial charge < -0.3 is 5.32 Å². The van der Waals surface area contributed by atoms with E-state index in [2.05, 4.69) is 59.9 Å². The maximum Gasteiger partial charge on any atom is 0.253 e. The summed E-state index contributed by atoms with van der Waals surface area (Å²) in [5, 5.41) is 10.4. The average molecular weight is 410 g/mol. The Morgan fingerprint density at radius 1 is 0.806 bits per heavy atom. The van der Waals surface area contributed by atoms with Crippen molar-refractivity contribution in [1.29, 1.82) is 0 Å². The molecule has 0 saturated heterocycles. The first-order chi connectivity index (χ1) is 15.1. The lowest BCUT2D eigenvalue weighted by Crippen LogP contribution is -2.38. The van der Waals surface area contributed by atoms with E-state index in [1.165, 1.54) is 50.0 Å². The lowest BCUT2D eigenvalue weighted by molar-refractivity contribution is -0.137. The monoisotopic (exact) mass is 410 g/mol. The SMILES string of the molecule is O=C(CCCc1ccc2ccc3cccc4ccc1c2c34)NCCN1C(=O)C=CC1=O. The maximum absolute atomic E-state index is 12.2. The summed E-state index contributed by atoms with van der Waals surface area (Å²) in [4.78, 5) is 36.4. The molecule has 1 heterocycles. The molecule has 1 N–H and O–H groups in total. The Bertz CT molecular complexity index is 1320. The number of nitrogens with one attached hydrogen (secondary N) is 1. The van der Waals surface area contributed by atoms with E-state index in [0.29, 0.717) is 6.42 Å². The van der Waals surface area contributed by atoms with Crippen LogP contribution >= 0.6 is 0 Å². The highest BCUT2D eigenvalue weighted by molar-refractivity contribution is 6.23. The molecule has 0 unspecified atom stereocenters. The van der Waals surface area contributed by atoms with Gasteiger partial charge in [-0.25, -0.2) is 0 Å². The molecule has 0 spiro atoms. The maximum atomic E-state index is 12.2. The summed E-state index contributed by atoms with van der Waals surface area (Å²) in [6.45, 7) is 0.474. The summed E-state index contributed by atoms with van der Waals surface area (Å²) in [6, 6.07) is 19.4. The van der Waals surface area contributed by atoms with Gasteiger partial charge in [0.1, 0.15) is 0 Å². The minimum atomic E-state index is -0.326. The number of imide groups is 1. The van der Waals surface area contributed by atoms with Crippen molar-refractivity contribution in [3.05, 3.63) is 72.3 Å². The Balaban J connectivity index is 1.23. The average Bonchev–Trinajstić information content (AvgIpc) is 3.10. The summed E-state index contributed by atoms with van der Waals surface area (Å²) >= 11 is 0. The summed E-state index contributed by atoms with van der Waals surface area (Å²) in [7, 11) is 0. The largest absolute Gasteiger partial charge is 0.354 e. The summed E-state index contributed by atoms with van der Waals surface area (Å²) in [5.74, 6) is -0.716. The highest BCUT2D eigenvalue weighted by Gasteiger charge is 2.22. The van der Waals surface area contributed by atoms with E-state index in [9.17, 15) is 14.4 Å². The van der Waals surface area contributed by atoms with Gasteiger partial charge in [-0.1, -0.05) is 54.6 Å². The molecule has 0 radical (unpaired) electrons. The van der Waals surface area contributed by atoms with Crippen LogP contribution in [0.3, 0.4) is 0 Å². The summed E-state index contributed by atoms with van der Waals surface area (Å²) < 4.78 is 0. The molecule has 0 bridgehead atoms. The number of benzene rings is 4. The second-order valence-corrected chi connectivity index (χ2v) is 7.95. The highest BCUT2D eigenvalue weighted by Crippen LogP contribution is 2.36. The van der Waals surface area contributed by atoms with Crippen LogP contribution in [0.4, 0.5) is 0 Å². The number of carbonyl (C=O) groups excluding carboxylic acids is 3. The van der Waals surface area contributed by atoms with Gasteiger partial charge >= 0.3 is 0 Å². The van der Waals surface area contributed by atoms with E-state index < -0.39 is 0 Å². The Morgan fingerprint density at radius 3 is 2.19 bits per heavy atom. The molecule has 154 valence electrons. The second-order valence-electron chi connectivity index (χ2n) is 7.95. The molecule has 5 heteroatoms. The van der Waals surface area contributed by atoms with Crippen LogP contribution in [0.15, 0.2) is 66.7 Å². The zero-order valence-electron chi connectivity index (χ0n) is 17.1. The first-order valence-electron chi connectivity index (χ1n) is 10.6. The van der Waals surface area contributed by atoms with Crippen LogP contribution in [0.25, 0.3) is 32.3 Å². The molecule has 5 nitrogen and oxygen atoms in total. The van der Waals surface area contributed by atoms with Gasteiger partial charge in [-0.2, -0.15) is 0 Å². The van der Waals surface area contributed by atoms with Crippen molar-refractivity contribution in [1.82, 2.24) is 10.2 Å². The molecule has 0 saturated carbocycles. The van der Waals surface area contributed by atoms with E-state index in [-0.39, 0.29) is 30.8 Å². The van der Waals surface area contributed by atoms with Gasteiger partial charge in [0.05, 0.1) is 0 Å². The molecule has 3 amide bonds. The minimum absolute atomic E-state index is 0.0650. The van der Waals surface area contributed by atoms with Crippen molar-refractivity contribution in [2.75, 3.05) is 13.1 Å². The number of carbonyl (C=O) groups is 3. The van der Waals surface area contributed by atoms with Crippen molar-refractivity contribution in [3.8, 4) is 0 Å². The van der Waals surface area contributed by atoms with Gasteiger partial charge in [0, 0.05) is 31.7 Å². The molecule has 1 aliphatic rings. The standard InChI is InChI=1S/C26H22N2O3/c29-22(27-15-16-28-23(30)13-14-24(28)31)6-2-3-17-7-8-20-10-9-18-4-1-5-19-11-12-21(17)26(20)25(18)19/h1,4-5,7-14H,2-3,6,15-16H2,(H,27,29). The van der Waals surface area contributed by atoms with Gasteiger partial charge in [0.15, 0.2) is 0 Å². The van der Waals surface area contributed by atoms with E-state index in [1.807, 2.05) is 0 Å². The van der Waals surface area contributed by atoms with Crippen LogP contribution < -0.4 is 5.32 Å². The zero-order chi connectivity index (χ0) is 21.4. The molecule has 0 fully saturated rings.